The van der Waals surface area contributed by atoms with E-state index in [1.807, 2.05) is 20.8 Å². The monoisotopic (exact) mass is 234 g/mol. The maximum atomic E-state index is 5.50. The van der Waals surface area contributed by atoms with Crippen LogP contribution in [0, 0.1) is 5.41 Å². The van der Waals surface area contributed by atoms with E-state index in [0.717, 1.165) is 0 Å². The third kappa shape index (κ3) is 5.14. The molecule has 11 heavy (non-hydrogen) atoms. The molecule has 0 rings (SSSR count). The molecule has 0 spiro atoms. The molecule has 66 valence electrons. The predicted octanol–water partition coefficient (Wildman–Crippen LogP) is 4.83. The van der Waals surface area contributed by atoms with Gasteiger partial charge in [-0.05, 0) is 22.5 Å². The van der Waals surface area contributed by atoms with Crippen LogP contribution in [0.15, 0.2) is 11.3 Å². The normalized spacial score (nSPS) is 13.9. The van der Waals surface area contributed by atoms with Gasteiger partial charge in [-0.15, -0.1) is 0 Å². The number of hydrogen-bond acceptors (Lipinski definition) is 1. The second-order valence-corrected chi connectivity index (χ2v) is 6.18. The maximum Gasteiger partial charge on any atom is 0.284 e. The van der Waals surface area contributed by atoms with Gasteiger partial charge in [-0.2, -0.15) is 0 Å². The Labute approximate surface area is 83.1 Å². The minimum atomic E-state index is -1.42. The fourth-order valence-corrected chi connectivity index (χ4v) is 1.75. The highest BCUT2D eigenvalue weighted by Crippen LogP contribution is 2.52. The summed E-state index contributed by atoms with van der Waals surface area (Å²) in [7, 11) is 0. The first-order valence-corrected chi connectivity index (χ1v) is 6.49. The minimum absolute atomic E-state index is 0.147. The van der Waals surface area contributed by atoms with E-state index in [9.17, 15) is 0 Å². The van der Waals surface area contributed by atoms with Gasteiger partial charge in [0, 0.05) is 11.0 Å². The van der Waals surface area contributed by atoms with Crippen molar-refractivity contribution >= 4 is 40.9 Å². The van der Waals surface area contributed by atoms with E-state index >= 15 is 0 Å². The Hall–Kier alpha value is 0.840. The van der Waals surface area contributed by atoms with Crippen molar-refractivity contribution in [2.24, 2.45) is 5.41 Å². The van der Waals surface area contributed by atoms with Gasteiger partial charge >= 0.3 is 0 Å². The van der Waals surface area contributed by atoms with Crippen molar-refractivity contribution in [1.29, 1.82) is 0 Å². The van der Waals surface area contributed by atoms with Crippen LogP contribution in [-0.4, -0.2) is 0 Å². The molecule has 0 aliphatic heterocycles. The summed E-state index contributed by atoms with van der Waals surface area (Å²) in [6, 6.07) is 0. The second kappa shape index (κ2) is 4.77. The quantitative estimate of drug-likeness (QED) is 0.492. The van der Waals surface area contributed by atoms with E-state index in [2.05, 4.69) is 0 Å². The summed E-state index contributed by atoms with van der Waals surface area (Å²) in [6.07, 6.45) is 0. The van der Waals surface area contributed by atoms with Crippen LogP contribution in [0.25, 0.3) is 0 Å². The summed E-state index contributed by atoms with van der Waals surface area (Å²) < 4.78 is 5.09. The van der Waals surface area contributed by atoms with Crippen LogP contribution in [-0.2, 0) is 4.52 Å². The van der Waals surface area contributed by atoms with Crippen molar-refractivity contribution in [2.75, 3.05) is 0 Å². The van der Waals surface area contributed by atoms with Gasteiger partial charge in [0.05, 0.1) is 0 Å². The fourth-order valence-electron chi connectivity index (χ4n) is 0.395. The van der Waals surface area contributed by atoms with Crippen molar-refractivity contribution in [3.05, 3.63) is 11.3 Å². The van der Waals surface area contributed by atoms with Crippen LogP contribution in [0.2, 0.25) is 0 Å². The third-order valence-corrected chi connectivity index (χ3v) is 1.95. The lowest BCUT2D eigenvalue weighted by Crippen LogP contribution is -2.09. The zero-order valence-corrected chi connectivity index (χ0v) is 9.73. The largest absolute Gasteiger partial charge is 0.448 e. The van der Waals surface area contributed by atoms with E-state index < -0.39 is 6.85 Å². The molecule has 1 nitrogen and oxygen atoms in total. The zero-order chi connectivity index (χ0) is 9.07. The van der Waals surface area contributed by atoms with Crippen LogP contribution in [0.5, 0.6) is 0 Å². The molecule has 0 aliphatic carbocycles. The molecule has 5 heteroatoms. The molecular formula is C6H10Cl3OP. The van der Waals surface area contributed by atoms with Gasteiger partial charge in [0.25, 0.3) is 6.85 Å². The average Bonchev–Trinajstić information content (AvgIpc) is 1.79. The Morgan fingerprint density at radius 2 is 1.82 bits per heavy atom. The van der Waals surface area contributed by atoms with Gasteiger partial charge in [-0.3, -0.25) is 0 Å². The smallest absolute Gasteiger partial charge is 0.284 e. The zero-order valence-electron chi connectivity index (χ0n) is 6.57. The summed E-state index contributed by atoms with van der Waals surface area (Å²) in [6.45, 7) is 4.48. The average molecular weight is 235 g/mol. The summed E-state index contributed by atoms with van der Waals surface area (Å²) in [5.74, 6) is 0.607. The summed E-state index contributed by atoms with van der Waals surface area (Å²) in [5, 5.41) is 0. The Balaban J connectivity index is 4.21. The van der Waals surface area contributed by atoms with E-state index in [-0.39, 0.29) is 5.41 Å². The first-order chi connectivity index (χ1) is 4.88. The summed E-state index contributed by atoms with van der Waals surface area (Å²) in [5.41, 5.74) is 1.21. The lowest BCUT2D eigenvalue weighted by atomic mass is 9.95. The van der Waals surface area contributed by atoms with E-state index in [1.165, 1.54) is 5.54 Å². The molecule has 0 unspecified atom stereocenters. The Morgan fingerprint density at radius 3 is 1.91 bits per heavy atom. The van der Waals surface area contributed by atoms with Crippen LogP contribution in [0.4, 0.5) is 0 Å². The van der Waals surface area contributed by atoms with E-state index in [4.69, 9.17) is 38.6 Å². The minimum Gasteiger partial charge on any atom is -0.448 e. The summed E-state index contributed by atoms with van der Waals surface area (Å²) >= 11 is 16.4. The molecule has 0 aromatic rings. The Kier molecular flexibility index (Phi) is 5.13. The van der Waals surface area contributed by atoms with Crippen LogP contribution < -0.4 is 0 Å². The van der Waals surface area contributed by atoms with Gasteiger partial charge in [-0.1, -0.05) is 32.4 Å². The van der Waals surface area contributed by atoms with Crippen molar-refractivity contribution in [1.82, 2.24) is 0 Å². The van der Waals surface area contributed by atoms with Crippen molar-refractivity contribution < 1.29 is 4.52 Å². The predicted molar refractivity (Wildman–Crippen MR) is 53.1 cm³/mol. The van der Waals surface area contributed by atoms with Crippen LogP contribution in [0.3, 0.4) is 0 Å². The molecule has 0 heterocycles. The number of halogens is 3. The molecule has 0 aromatic carbocycles. The molecule has 0 amide bonds. The standard InChI is InChI=1S/C6H10Cl3OP/c1-6(2,3)5(4-7)10-11(8)9/h4H,1-3H3. The fraction of sp³-hybridized carbons (Fsp3) is 0.667. The maximum absolute atomic E-state index is 5.50. The van der Waals surface area contributed by atoms with Crippen LogP contribution >= 0.6 is 40.9 Å². The Morgan fingerprint density at radius 1 is 1.36 bits per heavy atom. The molecule has 0 saturated heterocycles. The molecular weight excluding hydrogens is 225 g/mol. The molecule has 0 fully saturated rings. The topological polar surface area (TPSA) is 9.23 Å². The van der Waals surface area contributed by atoms with E-state index in [0.29, 0.717) is 5.76 Å². The number of rotatable bonds is 2. The molecule has 0 aliphatic rings. The van der Waals surface area contributed by atoms with E-state index in [1.54, 1.807) is 0 Å². The summed E-state index contributed by atoms with van der Waals surface area (Å²) in [4.78, 5) is 0. The molecule has 0 aromatic heterocycles. The second-order valence-electron chi connectivity index (χ2n) is 3.02. The van der Waals surface area contributed by atoms with Gasteiger partial charge in [-0.25, -0.2) is 0 Å². The Bertz CT molecular complexity index is 150. The molecule has 0 bridgehead atoms. The van der Waals surface area contributed by atoms with Crippen LogP contribution in [0.1, 0.15) is 20.8 Å². The first kappa shape index (κ1) is 11.8. The highest BCUT2D eigenvalue weighted by molar-refractivity contribution is 8.00. The number of allylic oxidation sites excluding steroid dienone is 1. The molecule has 0 saturated carbocycles. The number of hydrogen-bond donors (Lipinski definition) is 0. The third-order valence-electron chi connectivity index (χ3n) is 1.01. The van der Waals surface area contributed by atoms with Crippen molar-refractivity contribution in [3.63, 3.8) is 0 Å². The molecule has 0 radical (unpaired) electrons. The first-order valence-electron chi connectivity index (χ1n) is 2.98. The van der Waals surface area contributed by atoms with Gasteiger partial charge in [0.2, 0.25) is 0 Å². The highest BCUT2D eigenvalue weighted by Gasteiger charge is 2.20. The van der Waals surface area contributed by atoms with Crippen molar-refractivity contribution in [2.45, 2.75) is 20.8 Å². The molecule has 0 N–H and O–H groups in total. The SMILES string of the molecule is CC(C)(C)C(=CCl)OP(Cl)Cl. The van der Waals surface area contributed by atoms with Crippen molar-refractivity contribution in [3.8, 4) is 0 Å². The van der Waals surface area contributed by atoms with Gasteiger partial charge in [0.1, 0.15) is 5.76 Å². The molecule has 0 atom stereocenters. The van der Waals surface area contributed by atoms with Gasteiger partial charge < -0.3 is 4.52 Å². The lowest BCUT2D eigenvalue weighted by molar-refractivity contribution is 0.324. The lowest BCUT2D eigenvalue weighted by Gasteiger charge is -2.21. The van der Waals surface area contributed by atoms with Gasteiger partial charge in [0.15, 0.2) is 0 Å². The highest BCUT2D eigenvalue weighted by atomic mass is 35.9.